The number of rotatable bonds is 8. The smallest absolute Gasteiger partial charge is 0.314 e. The fourth-order valence-electron chi connectivity index (χ4n) is 4.86. The molecule has 1 saturated carbocycles. The number of carboxylic acid groups (broad SMARTS) is 1. The van der Waals surface area contributed by atoms with Crippen molar-refractivity contribution in [1.82, 2.24) is 14.5 Å². The Morgan fingerprint density at radius 3 is 2.43 bits per heavy atom. The Morgan fingerprint density at radius 2 is 1.86 bits per heavy atom. The maximum atomic E-state index is 12.3. The highest BCUT2D eigenvalue weighted by molar-refractivity contribution is 6.07. The van der Waals surface area contributed by atoms with Crippen molar-refractivity contribution in [1.29, 1.82) is 5.41 Å². The van der Waals surface area contributed by atoms with E-state index < -0.39 is 17.3 Å². The molecule has 0 radical (unpaired) electrons. The first-order valence-electron chi connectivity index (χ1n) is 11.6. The molecular formula is C28H26N4O3. The highest BCUT2D eigenvalue weighted by Crippen LogP contribution is 2.48. The van der Waals surface area contributed by atoms with Crippen LogP contribution >= 0.6 is 0 Å². The molecule has 35 heavy (non-hydrogen) atoms. The predicted octanol–water partition coefficient (Wildman–Crippen LogP) is 4.98. The van der Waals surface area contributed by atoms with Gasteiger partial charge in [-0.1, -0.05) is 30.3 Å². The standard InChI is InChI=1S/C28H26N4O3/c1-17(29)25(18(2)33)20-13-24-26(31-14-20)23(16-32(24)15-22-5-3-4-12-30-22)19-6-8-21(9-7-19)28(10-11-28)27(34)35/h3-9,12-14,16,25,29H,10-11,15H2,1-2H3,(H,34,35). The van der Waals surface area contributed by atoms with Gasteiger partial charge in [-0.05, 0) is 61.6 Å². The number of nitrogens with one attached hydrogen (secondary N) is 1. The highest BCUT2D eigenvalue weighted by Gasteiger charge is 2.51. The molecule has 3 aromatic heterocycles. The summed E-state index contributed by atoms with van der Waals surface area (Å²) in [6.45, 7) is 3.66. The highest BCUT2D eigenvalue weighted by atomic mass is 16.4. The van der Waals surface area contributed by atoms with E-state index in [2.05, 4.69) is 9.55 Å². The van der Waals surface area contributed by atoms with Crippen LogP contribution in [0.1, 0.15) is 49.4 Å². The van der Waals surface area contributed by atoms with Gasteiger partial charge in [0.05, 0.1) is 34.6 Å². The van der Waals surface area contributed by atoms with Crippen LogP contribution in [0.4, 0.5) is 0 Å². The quantitative estimate of drug-likeness (QED) is 0.356. The van der Waals surface area contributed by atoms with Crippen LogP contribution in [0.25, 0.3) is 22.2 Å². The van der Waals surface area contributed by atoms with Gasteiger partial charge < -0.3 is 15.1 Å². The summed E-state index contributed by atoms with van der Waals surface area (Å²) in [6, 6.07) is 15.4. The molecule has 176 valence electrons. The number of hydrogen-bond donors (Lipinski definition) is 2. The van der Waals surface area contributed by atoms with Gasteiger partial charge in [0.1, 0.15) is 5.78 Å². The monoisotopic (exact) mass is 466 g/mol. The van der Waals surface area contributed by atoms with Crippen LogP contribution in [0, 0.1) is 5.41 Å². The molecule has 0 aliphatic heterocycles. The van der Waals surface area contributed by atoms with E-state index in [1.807, 2.05) is 54.7 Å². The lowest BCUT2D eigenvalue weighted by molar-refractivity contribution is -0.140. The molecule has 1 atom stereocenters. The lowest BCUT2D eigenvalue weighted by Crippen LogP contribution is -2.19. The van der Waals surface area contributed by atoms with Gasteiger partial charge in [-0.3, -0.25) is 19.6 Å². The summed E-state index contributed by atoms with van der Waals surface area (Å²) in [4.78, 5) is 33.2. The molecule has 1 aromatic carbocycles. The molecule has 5 rings (SSSR count). The van der Waals surface area contributed by atoms with E-state index in [1.54, 1.807) is 19.3 Å². The lowest BCUT2D eigenvalue weighted by Gasteiger charge is -2.13. The van der Waals surface area contributed by atoms with Gasteiger partial charge in [0.25, 0.3) is 0 Å². The van der Waals surface area contributed by atoms with E-state index in [0.717, 1.165) is 33.4 Å². The minimum atomic E-state index is -0.770. The summed E-state index contributed by atoms with van der Waals surface area (Å²) in [7, 11) is 0. The number of fused-ring (bicyclic) bond motifs is 1. The number of carbonyl (C=O) groups is 2. The van der Waals surface area contributed by atoms with Crippen LogP contribution in [0.3, 0.4) is 0 Å². The normalized spacial score (nSPS) is 15.0. The van der Waals surface area contributed by atoms with E-state index in [0.29, 0.717) is 24.9 Å². The van der Waals surface area contributed by atoms with Crippen LogP contribution in [0.15, 0.2) is 67.1 Å². The average molecular weight is 467 g/mol. The molecule has 7 heteroatoms. The summed E-state index contributed by atoms with van der Waals surface area (Å²) >= 11 is 0. The number of aromatic nitrogens is 3. The van der Waals surface area contributed by atoms with Crippen LogP contribution in [0.5, 0.6) is 0 Å². The van der Waals surface area contributed by atoms with E-state index in [1.165, 1.54) is 6.92 Å². The topological polar surface area (TPSA) is 109 Å². The van der Waals surface area contributed by atoms with Gasteiger partial charge in [0.15, 0.2) is 0 Å². The number of carbonyl (C=O) groups excluding carboxylic acids is 1. The number of hydrogen-bond acceptors (Lipinski definition) is 5. The molecule has 1 aliphatic carbocycles. The number of benzene rings is 1. The molecule has 0 spiro atoms. The Balaban J connectivity index is 1.62. The summed E-state index contributed by atoms with van der Waals surface area (Å²) < 4.78 is 2.06. The zero-order chi connectivity index (χ0) is 24.7. The molecule has 1 fully saturated rings. The second-order valence-corrected chi connectivity index (χ2v) is 9.32. The first-order chi connectivity index (χ1) is 16.8. The van der Waals surface area contributed by atoms with Crippen molar-refractivity contribution >= 4 is 28.5 Å². The van der Waals surface area contributed by atoms with Gasteiger partial charge in [-0.2, -0.15) is 0 Å². The van der Waals surface area contributed by atoms with Crippen molar-refractivity contribution in [2.45, 2.75) is 44.6 Å². The van der Waals surface area contributed by atoms with E-state index >= 15 is 0 Å². The maximum absolute atomic E-state index is 12.3. The number of aliphatic carboxylic acids is 1. The average Bonchev–Trinajstić information content (AvgIpc) is 3.58. The lowest BCUT2D eigenvalue weighted by atomic mass is 9.92. The number of ketones is 1. The molecule has 0 bridgehead atoms. The van der Waals surface area contributed by atoms with E-state index in [9.17, 15) is 14.7 Å². The third-order valence-corrected chi connectivity index (χ3v) is 6.88. The van der Waals surface area contributed by atoms with Crippen molar-refractivity contribution in [2.75, 3.05) is 0 Å². The Hall–Kier alpha value is -4.13. The molecule has 4 aromatic rings. The van der Waals surface area contributed by atoms with Crippen LogP contribution < -0.4 is 0 Å². The number of carboxylic acids is 1. The zero-order valence-corrected chi connectivity index (χ0v) is 19.7. The van der Waals surface area contributed by atoms with Crippen molar-refractivity contribution in [2.24, 2.45) is 0 Å². The predicted molar refractivity (Wildman–Crippen MR) is 134 cm³/mol. The van der Waals surface area contributed by atoms with Gasteiger partial charge in [0.2, 0.25) is 0 Å². The van der Waals surface area contributed by atoms with Crippen LogP contribution in [0.2, 0.25) is 0 Å². The number of pyridine rings is 2. The maximum Gasteiger partial charge on any atom is 0.314 e. The molecule has 2 N–H and O–H groups in total. The van der Waals surface area contributed by atoms with Crippen molar-refractivity contribution in [3.05, 3.63) is 83.9 Å². The minimum Gasteiger partial charge on any atom is -0.481 e. The van der Waals surface area contributed by atoms with Gasteiger partial charge in [-0.25, -0.2) is 0 Å². The first kappa shape index (κ1) is 22.7. The fourth-order valence-corrected chi connectivity index (χ4v) is 4.86. The van der Waals surface area contributed by atoms with E-state index in [-0.39, 0.29) is 11.5 Å². The Bertz CT molecular complexity index is 1440. The molecule has 7 nitrogen and oxygen atoms in total. The molecule has 1 aliphatic rings. The second-order valence-electron chi connectivity index (χ2n) is 9.32. The molecule has 0 amide bonds. The number of nitrogens with zero attached hydrogens (tertiary/aromatic N) is 3. The summed E-state index contributed by atoms with van der Waals surface area (Å²) in [5.41, 5.74) is 5.43. The Labute approximate surface area is 203 Å². The summed E-state index contributed by atoms with van der Waals surface area (Å²) in [5, 5.41) is 17.7. The van der Waals surface area contributed by atoms with Gasteiger partial charge in [-0.15, -0.1) is 0 Å². The van der Waals surface area contributed by atoms with Gasteiger partial charge >= 0.3 is 5.97 Å². The Morgan fingerprint density at radius 1 is 1.11 bits per heavy atom. The fraction of sp³-hybridized carbons (Fsp3) is 0.250. The van der Waals surface area contributed by atoms with E-state index in [4.69, 9.17) is 10.4 Å². The second kappa shape index (κ2) is 8.58. The summed E-state index contributed by atoms with van der Waals surface area (Å²) in [6.07, 6.45) is 6.79. The van der Waals surface area contributed by atoms with Crippen molar-refractivity contribution < 1.29 is 14.7 Å². The van der Waals surface area contributed by atoms with Crippen molar-refractivity contribution in [3.8, 4) is 11.1 Å². The third-order valence-electron chi connectivity index (χ3n) is 6.88. The number of Topliss-reactive ketones (excluding diaryl/α,β-unsaturated/α-hetero) is 1. The largest absolute Gasteiger partial charge is 0.481 e. The zero-order valence-electron chi connectivity index (χ0n) is 19.7. The third kappa shape index (κ3) is 4.03. The minimum absolute atomic E-state index is 0.0928. The molecule has 3 heterocycles. The first-order valence-corrected chi connectivity index (χ1v) is 11.6. The molecule has 1 unspecified atom stereocenters. The van der Waals surface area contributed by atoms with Gasteiger partial charge in [0, 0.05) is 29.9 Å². The van der Waals surface area contributed by atoms with Crippen LogP contribution in [-0.4, -0.2) is 37.1 Å². The van der Waals surface area contributed by atoms with Crippen LogP contribution in [-0.2, 0) is 21.5 Å². The Kier molecular flexibility index (Phi) is 5.55. The molecular weight excluding hydrogens is 440 g/mol. The summed E-state index contributed by atoms with van der Waals surface area (Å²) in [5.74, 6) is -1.49. The molecule has 0 saturated heterocycles. The van der Waals surface area contributed by atoms with Crippen molar-refractivity contribution in [3.63, 3.8) is 0 Å². The SMILES string of the molecule is CC(=N)C(C(C)=O)c1cnc2c(-c3ccc(C4(C(=O)O)CC4)cc3)cn(Cc3ccccn3)c2c1.